The third kappa shape index (κ3) is 10.1. The molecule has 2 atom stereocenters. The molecule has 1 aliphatic heterocycles. The van der Waals surface area contributed by atoms with Gasteiger partial charge in [-0.05, 0) is 95.3 Å². The Bertz CT molecular complexity index is 3450. The van der Waals surface area contributed by atoms with Crippen molar-refractivity contribution in [2.24, 2.45) is 5.92 Å². The first kappa shape index (κ1) is 47.2. The molecule has 2 unspecified atom stereocenters. The molecule has 72 heavy (non-hydrogen) atoms. The Morgan fingerprint density at radius 1 is 0.819 bits per heavy atom. The summed E-state index contributed by atoms with van der Waals surface area (Å²) in [5, 5.41) is 9.22. The van der Waals surface area contributed by atoms with Crippen LogP contribution in [-0.2, 0) is 25.5 Å². The summed E-state index contributed by atoms with van der Waals surface area (Å²) >= 11 is 1.79. The van der Waals surface area contributed by atoms with Crippen LogP contribution in [0.4, 0.5) is 21.5 Å². The number of halogens is 1. The van der Waals surface area contributed by atoms with Gasteiger partial charge < -0.3 is 15.2 Å². The van der Waals surface area contributed by atoms with E-state index in [4.69, 9.17) is 19.4 Å². The van der Waals surface area contributed by atoms with E-state index in [2.05, 4.69) is 186 Å². The summed E-state index contributed by atoms with van der Waals surface area (Å²) in [5.74, 6) is 0.581. The zero-order chi connectivity index (χ0) is 52.3. The van der Waals surface area contributed by atoms with Gasteiger partial charge in [-0.2, -0.15) is 29.5 Å². The molecular formula is C63H63FIrN5SSi. The fourth-order valence-corrected chi connectivity index (χ4v) is 12.6. The van der Waals surface area contributed by atoms with Gasteiger partial charge in [0, 0.05) is 50.2 Å². The molecule has 5 heterocycles. The molecule has 0 radical (unpaired) electrons. The van der Waals surface area contributed by atoms with E-state index < -0.39 is 20.7 Å². The van der Waals surface area contributed by atoms with Crippen LogP contribution in [0.5, 0.6) is 0 Å². The normalized spacial score (nSPS) is 16.0. The Labute approximate surface area is 449 Å². The number of thiophene rings is 1. The maximum atomic E-state index is 14.1. The molecule has 9 heteroatoms. The maximum Gasteiger partial charge on any atom is 3.00 e. The molecule has 0 bridgehead atoms. The minimum Gasteiger partial charge on any atom is -0.661 e. The van der Waals surface area contributed by atoms with Gasteiger partial charge in [0.25, 0.3) is 0 Å². The van der Waals surface area contributed by atoms with E-state index in [1.54, 1.807) is 23.6 Å². The Morgan fingerprint density at radius 3 is 2.10 bits per heavy atom. The summed E-state index contributed by atoms with van der Waals surface area (Å²) in [6, 6.07) is 50.1. The van der Waals surface area contributed by atoms with E-state index in [-0.39, 0.29) is 42.8 Å². The molecular weight excluding hydrogens is 1100 g/mol. The average molecular weight is 1160 g/mol. The van der Waals surface area contributed by atoms with Gasteiger partial charge >= 0.3 is 20.1 Å². The number of hydrogen-bond acceptors (Lipinski definition) is 5. The first-order chi connectivity index (χ1) is 35.2. The minimum atomic E-state index is -2.33. The van der Waals surface area contributed by atoms with E-state index >= 15 is 0 Å². The summed E-state index contributed by atoms with van der Waals surface area (Å²) in [4.78, 5) is 18.3. The molecule has 0 spiro atoms. The smallest absolute Gasteiger partial charge is 0.661 e. The fraction of sp³-hybridized carbons (Fsp3) is 0.286. The second-order valence-corrected chi connectivity index (χ2v) is 27.5. The predicted molar refractivity (Wildman–Crippen MR) is 300 cm³/mol. The molecule has 1 saturated carbocycles. The van der Waals surface area contributed by atoms with Crippen molar-refractivity contribution >= 4 is 62.0 Å². The fourth-order valence-electron chi connectivity index (χ4n) is 10.4. The number of pyridine rings is 3. The number of anilines is 2. The van der Waals surface area contributed by atoms with Crippen LogP contribution in [0, 0.1) is 44.6 Å². The number of rotatable bonds is 8. The number of nitrogens with zero attached hydrogens (tertiary/aromatic N) is 5. The number of aromatic nitrogens is 3. The van der Waals surface area contributed by atoms with Crippen molar-refractivity contribution in [2.45, 2.75) is 111 Å². The van der Waals surface area contributed by atoms with Gasteiger partial charge in [-0.3, -0.25) is 9.37 Å². The monoisotopic (exact) mass is 1160 g/mol. The summed E-state index contributed by atoms with van der Waals surface area (Å²) < 4.78 is 37.1. The van der Waals surface area contributed by atoms with Crippen molar-refractivity contribution in [3.05, 3.63) is 191 Å². The van der Waals surface area contributed by atoms with Gasteiger partial charge in [0.15, 0.2) is 0 Å². The molecule has 1 fully saturated rings. The maximum absolute atomic E-state index is 14.1. The molecule has 366 valence electrons. The van der Waals surface area contributed by atoms with Crippen LogP contribution in [-0.4, -0.2) is 23.0 Å². The van der Waals surface area contributed by atoms with Crippen molar-refractivity contribution in [2.75, 3.05) is 4.90 Å². The van der Waals surface area contributed by atoms with Crippen LogP contribution in [0.25, 0.3) is 59.1 Å². The molecule has 9 aromatic rings. The third-order valence-electron chi connectivity index (χ3n) is 14.4. The van der Waals surface area contributed by atoms with Crippen LogP contribution < -0.4 is 10.1 Å². The zero-order valence-electron chi connectivity index (χ0n) is 45.6. The topological polar surface area (TPSA) is 56.0 Å². The minimum absolute atomic E-state index is 0. The van der Waals surface area contributed by atoms with Gasteiger partial charge in [-0.1, -0.05) is 162 Å². The molecule has 11 rings (SSSR count). The van der Waals surface area contributed by atoms with Crippen LogP contribution in [0.3, 0.4) is 0 Å². The Kier molecular flexibility index (Phi) is 13.5. The van der Waals surface area contributed by atoms with Crippen molar-refractivity contribution in [1.29, 1.82) is 0 Å². The van der Waals surface area contributed by atoms with Crippen molar-refractivity contribution in [1.82, 2.24) is 15.0 Å². The third-order valence-corrected chi connectivity index (χ3v) is 17.5. The first-order valence-corrected chi connectivity index (χ1v) is 29.3. The Hall–Kier alpha value is -5.83. The van der Waals surface area contributed by atoms with Crippen molar-refractivity contribution < 1.29 is 28.6 Å². The Balaban J connectivity index is 0.000000264. The molecule has 1 aliphatic carbocycles. The molecule has 4 aromatic heterocycles. The van der Waals surface area contributed by atoms with Crippen LogP contribution in [0.1, 0.15) is 103 Å². The quantitative estimate of drug-likeness (QED) is 0.112. The Morgan fingerprint density at radius 2 is 1.50 bits per heavy atom. The van der Waals surface area contributed by atoms with E-state index in [0.29, 0.717) is 11.6 Å². The van der Waals surface area contributed by atoms with Crippen LogP contribution in [0.15, 0.2) is 134 Å². The van der Waals surface area contributed by atoms with Crippen LogP contribution >= 0.6 is 11.3 Å². The summed E-state index contributed by atoms with van der Waals surface area (Å²) in [6.45, 7) is 17.8. The second kappa shape index (κ2) is 20.6. The van der Waals surface area contributed by atoms with Crippen molar-refractivity contribution in [3.8, 4) is 33.5 Å². The van der Waals surface area contributed by atoms with E-state index in [0.717, 1.165) is 50.8 Å². The summed E-state index contributed by atoms with van der Waals surface area (Å²) in [5.41, 5.74) is 13.9. The molecule has 2 aliphatic rings. The molecule has 0 amide bonds. The zero-order valence-corrected chi connectivity index (χ0v) is 46.8. The molecule has 0 N–H and O–H groups in total. The number of aryl methyl sites for hydroxylation is 3. The van der Waals surface area contributed by atoms with Crippen LogP contribution in [0.2, 0.25) is 19.6 Å². The van der Waals surface area contributed by atoms with E-state index in [1.807, 2.05) is 6.07 Å². The van der Waals surface area contributed by atoms with Gasteiger partial charge in [-0.25, -0.2) is 4.98 Å². The molecule has 5 aromatic carbocycles. The SMILES string of the molecule is Cc1cc2c(c(C)n1)N(c1c(-c3ccccc3)cc(C(C)(C)C)cc1-c1ccccc1)C(c1[c-]ccc3c1sc1nc(C(C)C4CCCC4)ccc13)[N-]2.[2H]C([2H])([2H])c1c[c-]c(-c2ccc([Si](C)(C)C)cn2)c(F)c1.[Ir+3]. The van der Waals surface area contributed by atoms with E-state index in [1.165, 1.54) is 85.9 Å². The number of hydrogen-bond donors (Lipinski definition) is 0. The summed E-state index contributed by atoms with van der Waals surface area (Å²) in [6.07, 6.45) is 6.72. The number of benzene rings is 5. The van der Waals surface area contributed by atoms with E-state index in [9.17, 15) is 4.39 Å². The first-order valence-electron chi connectivity index (χ1n) is 26.4. The summed E-state index contributed by atoms with van der Waals surface area (Å²) in [7, 11) is -1.45. The number of fused-ring (bicyclic) bond motifs is 4. The van der Waals surface area contributed by atoms with Gasteiger partial charge in [0.05, 0.1) is 19.5 Å². The second-order valence-electron chi connectivity index (χ2n) is 21.4. The standard InChI is InChI=1S/C48H46N4S.C15H17FNSi.Ir/c1-29-26-42-43(31(3)49-29)52(44-39(33-18-9-7-10-19-33)27-35(48(4,5)6)28-40(44)34-20-11-8-12-21-34)46(50-42)38-23-15-22-36-37-24-25-41(51-47(37)53-45(36)38)30(2)32-16-13-14-17-32;1-11-5-7-13(14(16)9-11)15-8-6-12(10-17-15)18(2,3)4;/h7-12,15,18-22,24-28,30,32,46H,13-14,16-17H2,1-6H3;5-6,8-10H,1-4H3;/q-2;-1;+3/i;1D3;. The van der Waals surface area contributed by atoms with Gasteiger partial charge in [0.2, 0.25) is 0 Å². The average Bonchev–Trinajstić information content (AvgIpc) is 4.15. The molecule has 0 saturated heterocycles. The predicted octanol–water partition coefficient (Wildman–Crippen LogP) is 17.6. The van der Waals surface area contributed by atoms with Gasteiger partial charge in [0.1, 0.15) is 4.83 Å². The van der Waals surface area contributed by atoms with Crippen molar-refractivity contribution in [3.63, 3.8) is 0 Å². The molecule has 5 nitrogen and oxygen atoms in total. The van der Waals surface area contributed by atoms with Gasteiger partial charge in [-0.15, -0.1) is 40.4 Å². The largest absolute Gasteiger partial charge is 3.00 e.